The minimum atomic E-state index is -5.08. The van der Waals surface area contributed by atoms with Gasteiger partial charge in [0, 0.05) is 35.8 Å². The van der Waals surface area contributed by atoms with Gasteiger partial charge in [-0.05, 0) is 43.1 Å². The van der Waals surface area contributed by atoms with Crippen LogP contribution in [-0.4, -0.2) is 69.9 Å². The van der Waals surface area contributed by atoms with Gasteiger partial charge in [-0.25, -0.2) is 18.3 Å². The van der Waals surface area contributed by atoms with Gasteiger partial charge in [0.2, 0.25) is 5.91 Å². The highest BCUT2D eigenvalue weighted by molar-refractivity contribution is 6.30. The highest BCUT2D eigenvalue weighted by atomic mass is 35.5. The molecule has 0 spiro atoms. The highest BCUT2D eigenvalue weighted by Gasteiger charge is 2.38. The van der Waals surface area contributed by atoms with Crippen LogP contribution in [0.4, 0.5) is 22.0 Å². The van der Waals surface area contributed by atoms with E-state index >= 15 is 0 Å². The Kier molecular flexibility index (Phi) is 11.2. The summed E-state index contributed by atoms with van der Waals surface area (Å²) in [6.07, 6.45) is -5.10. The fourth-order valence-electron chi connectivity index (χ4n) is 4.48. The lowest BCUT2D eigenvalue weighted by Gasteiger charge is -2.25. The van der Waals surface area contributed by atoms with Crippen molar-refractivity contribution in [2.45, 2.75) is 50.9 Å². The zero-order chi connectivity index (χ0) is 30.2. The van der Waals surface area contributed by atoms with Gasteiger partial charge in [0.15, 0.2) is 0 Å². The number of alkyl halides is 5. The van der Waals surface area contributed by atoms with Crippen LogP contribution in [0.25, 0.3) is 10.8 Å². The summed E-state index contributed by atoms with van der Waals surface area (Å²) in [5.41, 5.74) is 1.72. The lowest BCUT2D eigenvalue weighted by molar-refractivity contribution is -0.192. The van der Waals surface area contributed by atoms with E-state index in [1.807, 2.05) is 48.5 Å². The number of amides is 1. The molecule has 1 amide bonds. The smallest absolute Gasteiger partial charge is 0.475 e. The minimum absolute atomic E-state index is 0.0534. The summed E-state index contributed by atoms with van der Waals surface area (Å²) in [6.45, 7) is 1.04. The molecule has 1 aromatic heterocycles. The molecule has 1 saturated heterocycles. The number of benzene rings is 2. The van der Waals surface area contributed by atoms with E-state index in [-0.39, 0.29) is 18.0 Å². The Hall–Kier alpha value is -3.58. The predicted molar refractivity (Wildman–Crippen MR) is 142 cm³/mol. The molecule has 41 heavy (non-hydrogen) atoms. The Morgan fingerprint density at radius 3 is 2.34 bits per heavy atom. The Morgan fingerprint density at radius 2 is 1.73 bits per heavy atom. The molecule has 2 heterocycles. The number of nitrogens with zero attached hydrogens (tertiary/aromatic N) is 3. The molecule has 0 saturated carbocycles. The van der Waals surface area contributed by atoms with Crippen LogP contribution in [0.3, 0.4) is 0 Å². The Balaban J connectivity index is 0.000000587. The maximum atomic E-state index is 13.2. The first-order chi connectivity index (χ1) is 19.3. The average Bonchev–Trinajstić information content (AvgIpc) is 3.36. The Bertz CT molecular complexity index is 1400. The number of nitrogens with one attached hydrogen (secondary N) is 1. The Labute approximate surface area is 236 Å². The number of carboxylic acid groups (broad SMARTS) is 1. The van der Waals surface area contributed by atoms with Gasteiger partial charge in [-0.1, -0.05) is 41.9 Å². The monoisotopic (exact) mass is 602 g/mol. The summed E-state index contributed by atoms with van der Waals surface area (Å²) in [7, 11) is 0. The summed E-state index contributed by atoms with van der Waals surface area (Å²) >= 11 is 6.02. The fraction of sp³-hybridized carbons (Fsp3) is 0.407. The number of carbonyl (C=O) groups is 2. The summed E-state index contributed by atoms with van der Waals surface area (Å²) in [4.78, 5) is 36.1. The molecule has 1 atom stereocenters. The molecule has 14 heteroatoms. The molecule has 0 aliphatic carbocycles. The van der Waals surface area contributed by atoms with Gasteiger partial charge in [-0.15, -0.1) is 0 Å². The predicted octanol–water partition coefficient (Wildman–Crippen LogP) is 4.51. The molecular formula is C27H28ClF5N4O4. The van der Waals surface area contributed by atoms with Crippen LogP contribution in [0.1, 0.15) is 30.5 Å². The normalized spacial score (nSPS) is 15.5. The van der Waals surface area contributed by atoms with Crippen LogP contribution in [-0.2, 0) is 22.6 Å². The number of hydrogen-bond acceptors (Lipinski definition) is 5. The third-order valence-electron chi connectivity index (χ3n) is 6.43. The zero-order valence-electron chi connectivity index (χ0n) is 21.7. The van der Waals surface area contributed by atoms with Crippen LogP contribution in [0.5, 0.6) is 0 Å². The maximum absolute atomic E-state index is 13.2. The number of rotatable bonds is 9. The van der Waals surface area contributed by atoms with Crippen molar-refractivity contribution in [2.75, 3.05) is 19.6 Å². The van der Waals surface area contributed by atoms with Gasteiger partial charge in [0.05, 0.1) is 24.2 Å². The van der Waals surface area contributed by atoms with Gasteiger partial charge < -0.3 is 10.4 Å². The Morgan fingerprint density at radius 1 is 1.10 bits per heavy atom. The number of halogens is 6. The second-order valence-corrected chi connectivity index (χ2v) is 9.80. The van der Waals surface area contributed by atoms with E-state index in [2.05, 4.69) is 10.2 Å². The minimum Gasteiger partial charge on any atom is -0.475 e. The zero-order valence-corrected chi connectivity index (χ0v) is 22.5. The van der Waals surface area contributed by atoms with Gasteiger partial charge in [-0.3, -0.25) is 14.5 Å². The van der Waals surface area contributed by atoms with Gasteiger partial charge in [0.25, 0.3) is 12.0 Å². The third kappa shape index (κ3) is 9.49. The number of hydrogen-bond donors (Lipinski definition) is 2. The van der Waals surface area contributed by atoms with E-state index in [1.165, 1.54) is 4.68 Å². The van der Waals surface area contributed by atoms with Gasteiger partial charge >= 0.3 is 12.1 Å². The third-order valence-corrected chi connectivity index (χ3v) is 6.69. The number of aliphatic carboxylic acids is 1. The van der Waals surface area contributed by atoms with Crippen molar-refractivity contribution in [3.05, 3.63) is 75.2 Å². The molecule has 2 aromatic carbocycles. The molecule has 1 aliphatic rings. The van der Waals surface area contributed by atoms with Crippen molar-refractivity contribution >= 4 is 34.2 Å². The van der Waals surface area contributed by atoms with E-state index in [9.17, 15) is 31.5 Å². The van der Waals surface area contributed by atoms with E-state index in [4.69, 9.17) is 26.6 Å². The quantitative estimate of drug-likeness (QED) is 0.349. The fourth-order valence-corrected chi connectivity index (χ4v) is 4.60. The molecule has 0 bridgehead atoms. The number of aromatic nitrogens is 2. The first-order valence-corrected chi connectivity index (χ1v) is 13.0. The summed E-state index contributed by atoms with van der Waals surface area (Å²) in [5.74, 6) is -3.15. The van der Waals surface area contributed by atoms with Crippen LogP contribution in [0.15, 0.2) is 53.3 Å². The van der Waals surface area contributed by atoms with Crippen LogP contribution >= 0.6 is 11.6 Å². The molecule has 1 fully saturated rings. The van der Waals surface area contributed by atoms with Crippen molar-refractivity contribution < 1.29 is 36.6 Å². The van der Waals surface area contributed by atoms with Crippen molar-refractivity contribution in [3.8, 4) is 0 Å². The first-order valence-electron chi connectivity index (χ1n) is 12.7. The lowest BCUT2D eigenvalue weighted by Crippen LogP contribution is -2.39. The second-order valence-electron chi connectivity index (χ2n) is 9.36. The van der Waals surface area contributed by atoms with E-state index in [0.717, 1.165) is 36.0 Å². The number of carboxylic acids is 1. The molecule has 0 unspecified atom stereocenters. The highest BCUT2D eigenvalue weighted by Crippen LogP contribution is 2.21. The van der Waals surface area contributed by atoms with Crippen LogP contribution in [0, 0.1) is 0 Å². The summed E-state index contributed by atoms with van der Waals surface area (Å²) < 4.78 is 57.9. The lowest BCUT2D eigenvalue weighted by atomic mass is 10.0. The molecule has 1 aliphatic heterocycles. The van der Waals surface area contributed by atoms with E-state index in [1.54, 1.807) is 0 Å². The number of fused-ring (bicyclic) bond motifs is 1. The average molecular weight is 603 g/mol. The molecule has 0 radical (unpaired) electrons. The van der Waals surface area contributed by atoms with Crippen molar-refractivity contribution in [3.63, 3.8) is 0 Å². The first kappa shape index (κ1) is 31.9. The molecule has 2 N–H and O–H groups in total. The van der Waals surface area contributed by atoms with Gasteiger partial charge in [0.1, 0.15) is 0 Å². The summed E-state index contributed by atoms with van der Waals surface area (Å²) in [5, 5.41) is 16.2. The molecular weight excluding hydrogens is 575 g/mol. The maximum Gasteiger partial charge on any atom is 0.490 e. The van der Waals surface area contributed by atoms with Crippen molar-refractivity contribution in [2.24, 2.45) is 0 Å². The summed E-state index contributed by atoms with van der Waals surface area (Å²) in [6, 6.07) is 15.1. The molecule has 4 rings (SSSR count). The number of carbonyl (C=O) groups excluding carboxylic acids is 1. The van der Waals surface area contributed by atoms with Crippen LogP contribution < -0.4 is 10.9 Å². The standard InChI is InChI=1S/C25H27ClF2N4O2.C2HF3O2/c26-18-9-7-17(8-10-18)14-22-20-5-1-2-6-21(20)25(34)32(30-22)16-19-4-3-12-31(19)13-11-24(33)29-15-23(27)28;3-2(4,5)1(6)7/h1-2,5-10,19,23H,3-4,11-16H2,(H,29,33);(H,6,7)/t19-;/m1./s1. The van der Waals surface area contributed by atoms with Crippen LogP contribution in [0.2, 0.25) is 5.02 Å². The molecule has 3 aromatic rings. The van der Waals surface area contributed by atoms with Gasteiger partial charge in [-0.2, -0.15) is 18.3 Å². The largest absolute Gasteiger partial charge is 0.490 e. The van der Waals surface area contributed by atoms with E-state index < -0.39 is 31.0 Å². The SMILES string of the molecule is O=C(CCN1CCC[C@@H]1Cn1nc(Cc2ccc(Cl)cc2)c2ccccc2c1=O)NCC(F)F.O=C(O)C(F)(F)F. The molecule has 222 valence electrons. The van der Waals surface area contributed by atoms with Crippen molar-refractivity contribution in [1.82, 2.24) is 20.0 Å². The van der Waals surface area contributed by atoms with Crippen molar-refractivity contribution in [1.29, 1.82) is 0 Å². The van der Waals surface area contributed by atoms with E-state index in [0.29, 0.717) is 29.9 Å². The molecule has 8 nitrogen and oxygen atoms in total. The second kappa shape index (κ2) is 14.4. The topological polar surface area (TPSA) is 105 Å². The number of likely N-dealkylation sites (tertiary alicyclic amines) is 1.